The molecule has 0 spiro atoms. The largest absolute Gasteiger partial charge is 0.383 e. The van der Waals surface area contributed by atoms with Crippen LogP contribution in [0.5, 0.6) is 0 Å². The Labute approximate surface area is 147 Å². The van der Waals surface area contributed by atoms with Crippen molar-refractivity contribution >= 4 is 21.2 Å². The number of hydrogen-bond acceptors (Lipinski definition) is 7. The van der Waals surface area contributed by atoms with Gasteiger partial charge in [-0.2, -0.15) is 0 Å². The van der Waals surface area contributed by atoms with Crippen LogP contribution in [0.4, 0.5) is 0 Å². The van der Waals surface area contributed by atoms with Crippen LogP contribution in [0.2, 0.25) is 0 Å². The van der Waals surface area contributed by atoms with Gasteiger partial charge >= 0.3 is 0 Å². The standard InChI is InChI=1S/C15H24N4O3S2/c1-5-24(20,21)15-17-10-13(19(15)7-8-22-4)11-18(3)12(2)14-16-6-9-23-14/h6,9-10,12H,5,7-8,11H2,1-4H3. The summed E-state index contributed by atoms with van der Waals surface area (Å²) in [6.45, 7) is 5.18. The minimum atomic E-state index is -3.37. The van der Waals surface area contributed by atoms with Crippen LogP contribution in [0.1, 0.15) is 30.6 Å². The molecule has 2 aromatic rings. The third-order valence-corrected chi connectivity index (χ3v) is 6.55. The van der Waals surface area contributed by atoms with E-state index in [0.29, 0.717) is 19.7 Å². The molecule has 0 saturated heterocycles. The summed E-state index contributed by atoms with van der Waals surface area (Å²) in [7, 11) is 0.222. The normalized spacial score (nSPS) is 13.5. The van der Waals surface area contributed by atoms with Crippen molar-refractivity contribution in [3.05, 3.63) is 28.5 Å². The van der Waals surface area contributed by atoms with Gasteiger partial charge in [0.05, 0.1) is 30.3 Å². The van der Waals surface area contributed by atoms with Gasteiger partial charge in [-0.1, -0.05) is 6.92 Å². The molecule has 1 unspecified atom stereocenters. The zero-order valence-corrected chi connectivity index (χ0v) is 16.1. The third kappa shape index (κ3) is 4.21. The summed E-state index contributed by atoms with van der Waals surface area (Å²) in [6.07, 6.45) is 3.43. The Morgan fingerprint density at radius 3 is 2.75 bits per heavy atom. The van der Waals surface area contributed by atoms with Gasteiger partial charge in [0.1, 0.15) is 5.01 Å². The SMILES string of the molecule is CCS(=O)(=O)c1ncc(CN(C)C(C)c2nccs2)n1CCOC. The molecule has 2 heterocycles. The average Bonchev–Trinajstić information content (AvgIpc) is 3.22. The number of aromatic nitrogens is 3. The molecule has 0 radical (unpaired) electrons. The van der Waals surface area contributed by atoms with Crippen molar-refractivity contribution in [1.82, 2.24) is 19.4 Å². The van der Waals surface area contributed by atoms with Crippen LogP contribution in [0.3, 0.4) is 0 Å². The highest BCUT2D eigenvalue weighted by atomic mass is 32.2. The van der Waals surface area contributed by atoms with Gasteiger partial charge in [-0.3, -0.25) is 4.90 Å². The lowest BCUT2D eigenvalue weighted by molar-refractivity contribution is 0.180. The highest BCUT2D eigenvalue weighted by molar-refractivity contribution is 7.91. The lowest BCUT2D eigenvalue weighted by atomic mass is 10.3. The first kappa shape index (κ1) is 19.0. The average molecular weight is 373 g/mol. The lowest BCUT2D eigenvalue weighted by Crippen LogP contribution is -2.25. The van der Waals surface area contributed by atoms with Crippen molar-refractivity contribution in [3.8, 4) is 0 Å². The topological polar surface area (TPSA) is 77.3 Å². The number of rotatable bonds is 9. The molecule has 0 amide bonds. The van der Waals surface area contributed by atoms with E-state index in [1.54, 1.807) is 42.3 Å². The van der Waals surface area contributed by atoms with E-state index in [1.165, 1.54) is 0 Å². The predicted octanol–water partition coefficient (Wildman–Crippen LogP) is 1.97. The van der Waals surface area contributed by atoms with Crippen LogP contribution in [0, 0.1) is 0 Å². The molecule has 0 aliphatic heterocycles. The molecule has 0 aliphatic rings. The highest BCUT2D eigenvalue weighted by Crippen LogP contribution is 2.23. The number of hydrogen-bond donors (Lipinski definition) is 0. The van der Waals surface area contributed by atoms with Gasteiger partial charge in [0.25, 0.3) is 0 Å². The molecule has 0 fully saturated rings. The first-order chi connectivity index (χ1) is 11.4. The summed E-state index contributed by atoms with van der Waals surface area (Å²) < 4.78 is 31.4. The number of methoxy groups -OCH3 is 1. The minimum Gasteiger partial charge on any atom is -0.383 e. The maximum Gasteiger partial charge on any atom is 0.227 e. The van der Waals surface area contributed by atoms with Gasteiger partial charge in [0.2, 0.25) is 15.0 Å². The summed E-state index contributed by atoms with van der Waals surface area (Å²) in [5, 5.41) is 3.10. The molecule has 9 heteroatoms. The van der Waals surface area contributed by atoms with E-state index in [-0.39, 0.29) is 17.0 Å². The predicted molar refractivity (Wildman–Crippen MR) is 93.8 cm³/mol. The summed E-state index contributed by atoms with van der Waals surface area (Å²) in [5.74, 6) is 0.0296. The molecule has 0 bridgehead atoms. The Morgan fingerprint density at radius 2 is 2.17 bits per heavy atom. The van der Waals surface area contributed by atoms with Crippen molar-refractivity contribution in [1.29, 1.82) is 0 Å². The van der Waals surface area contributed by atoms with Gasteiger partial charge in [0, 0.05) is 31.8 Å². The van der Waals surface area contributed by atoms with Crippen molar-refractivity contribution in [3.63, 3.8) is 0 Å². The molecule has 2 rings (SSSR count). The lowest BCUT2D eigenvalue weighted by Gasteiger charge is -2.23. The summed E-state index contributed by atoms with van der Waals surface area (Å²) >= 11 is 1.61. The van der Waals surface area contributed by atoms with Crippen LogP contribution in [-0.4, -0.2) is 54.4 Å². The molecule has 7 nitrogen and oxygen atoms in total. The second-order valence-corrected chi connectivity index (χ2v) is 8.64. The van der Waals surface area contributed by atoms with E-state index in [1.807, 2.05) is 12.4 Å². The molecule has 1 atom stereocenters. The van der Waals surface area contributed by atoms with Crippen molar-refractivity contribution in [2.45, 2.75) is 38.1 Å². The van der Waals surface area contributed by atoms with E-state index in [0.717, 1.165) is 10.7 Å². The molecule has 2 aromatic heterocycles. The van der Waals surface area contributed by atoms with E-state index >= 15 is 0 Å². The Balaban J connectivity index is 2.26. The number of ether oxygens (including phenoxy) is 1. The zero-order valence-electron chi connectivity index (χ0n) is 14.5. The van der Waals surface area contributed by atoms with Gasteiger partial charge in [-0.15, -0.1) is 11.3 Å². The van der Waals surface area contributed by atoms with Gasteiger partial charge in [0.15, 0.2) is 0 Å². The summed E-state index contributed by atoms with van der Waals surface area (Å²) in [4.78, 5) is 10.6. The Morgan fingerprint density at radius 1 is 1.42 bits per heavy atom. The minimum absolute atomic E-state index is 0.0296. The van der Waals surface area contributed by atoms with Gasteiger partial charge in [-0.05, 0) is 14.0 Å². The molecule has 0 aromatic carbocycles. The van der Waals surface area contributed by atoms with Crippen molar-refractivity contribution < 1.29 is 13.2 Å². The second-order valence-electron chi connectivity index (χ2n) is 5.54. The van der Waals surface area contributed by atoms with E-state index in [9.17, 15) is 8.42 Å². The van der Waals surface area contributed by atoms with Crippen molar-refractivity contribution in [2.24, 2.45) is 0 Å². The Bertz CT molecular complexity index is 741. The van der Waals surface area contributed by atoms with Crippen LogP contribution in [0.15, 0.2) is 22.9 Å². The number of thiazole rings is 1. The molecular formula is C15H24N4O3S2. The number of sulfone groups is 1. The Kier molecular flexibility index (Phi) is 6.50. The van der Waals surface area contributed by atoms with E-state index in [2.05, 4.69) is 21.8 Å². The maximum atomic E-state index is 12.3. The van der Waals surface area contributed by atoms with E-state index in [4.69, 9.17) is 4.74 Å². The monoisotopic (exact) mass is 372 g/mol. The molecule has 0 N–H and O–H groups in total. The third-order valence-electron chi connectivity index (χ3n) is 3.96. The van der Waals surface area contributed by atoms with Gasteiger partial charge < -0.3 is 9.30 Å². The zero-order chi connectivity index (χ0) is 17.7. The van der Waals surface area contributed by atoms with Crippen LogP contribution >= 0.6 is 11.3 Å². The molecule has 0 saturated carbocycles. The van der Waals surface area contributed by atoms with Crippen LogP contribution in [0.25, 0.3) is 0 Å². The smallest absolute Gasteiger partial charge is 0.227 e. The number of nitrogens with zero attached hydrogens (tertiary/aromatic N) is 4. The Hall–Kier alpha value is -1.29. The quantitative estimate of drug-likeness (QED) is 0.670. The fraction of sp³-hybridized carbons (Fsp3) is 0.600. The molecule has 134 valence electrons. The molecule has 24 heavy (non-hydrogen) atoms. The van der Waals surface area contributed by atoms with Crippen LogP contribution in [-0.2, 0) is 27.7 Å². The highest BCUT2D eigenvalue weighted by Gasteiger charge is 2.23. The van der Waals surface area contributed by atoms with Crippen molar-refractivity contribution in [2.75, 3.05) is 26.5 Å². The van der Waals surface area contributed by atoms with Gasteiger partial charge in [-0.25, -0.2) is 18.4 Å². The summed E-state index contributed by atoms with van der Waals surface area (Å²) in [6, 6.07) is 0.141. The fourth-order valence-electron chi connectivity index (χ4n) is 2.34. The fourth-order valence-corrected chi connectivity index (χ4v) is 4.11. The first-order valence-electron chi connectivity index (χ1n) is 7.76. The second kappa shape index (κ2) is 8.19. The summed E-state index contributed by atoms with van der Waals surface area (Å²) in [5.41, 5.74) is 0.852. The van der Waals surface area contributed by atoms with E-state index < -0.39 is 9.84 Å². The maximum absolute atomic E-state index is 12.3. The molecule has 0 aliphatic carbocycles. The number of imidazole rings is 1. The van der Waals surface area contributed by atoms with Crippen LogP contribution < -0.4 is 0 Å². The molecular weight excluding hydrogens is 348 g/mol. The first-order valence-corrected chi connectivity index (χ1v) is 10.3.